The van der Waals surface area contributed by atoms with Gasteiger partial charge in [-0.1, -0.05) is 48.5 Å². The normalized spacial score (nSPS) is 14.4. The Morgan fingerprint density at radius 2 is 1.75 bits per heavy atom. The molecule has 2 heterocycles. The van der Waals surface area contributed by atoms with Crippen LogP contribution in [0.25, 0.3) is 11.1 Å². The lowest BCUT2D eigenvalue weighted by Crippen LogP contribution is -2.42. The van der Waals surface area contributed by atoms with Crippen molar-refractivity contribution in [1.29, 1.82) is 0 Å². The van der Waals surface area contributed by atoms with Gasteiger partial charge in [-0.3, -0.25) is 10.1 Å². The molecule has 2 amide bonds. The molecule has 190 valence electrons. The van der Waals surface area contributed by atoms with Crippen molar-refractivity contribution in [2.75, 3.05) is 45.6 Å². The highest BCUT2D eigenvalue weighted by Crippen LogP contribution is 2.28. The van der Waals surface area contributed by atoms with Gasteiger partial charge in [-0.05, 0) is 43.7 Å². The first-order valence-corrected chi connectivity index (χ1v) is 12.5. The molecule has 0 spiro atoms. The standard InChI is InChI=1S/C28H35N5O3/c1-29-20-22-12-13-26(30-22)27(34)32(2)18-19-33-16-14-23(15-17-33)36-28(35)31-25-11-7-6-10-24(25)21-8-4-3-5-9-21/h3-13,23,29-30H,14-20H2,1-2H3,(H,31,35). The number of nitrogens with zero attached hydrogens (tertiary/aromatic N) is 2. The number of anilines is 1. The molecular weight excluding hydrogens is 454 g/mol. The van der Waals surface area contributed by atoms with Crippen LogP contribution in [0.4, 0.5) is 10.5 Å². The fourth-order valence-electron chi connectivity index (χ4n) is 4.46. The van der Waals surface area contributed by atoms with E-state index in [0.717, 1.165) is 55.0 Å². The average molecular weight is 490 g/mol. The molecule has 0 aliphatic carbocycles. The molecule has 0 saturated carbocycles. The van der Waals surface area contributed by atoms with Gasteiger partial charge in [0, 0.05) is 51.0 Å². The molecule has 3 N–H and O–H groups in total. The second-order valence-electron chi connectivity index (χ2n) is 9.14. The Morgan fingerprint density at radius 3 is 2.50 bits per heavy atom. The largest absolute Gasteiger partial charge is 0.446 e. The van der Waals surface area contributed by atoms with Gasteiger partial charge in [-0.15, -0.1) is 0 Å². The summed E-state index contributed by atoms with van der Waals surface area (Å²) in [5, 5.41) is 5.99. The highest BCUT2D eigenvalue weighted by molar-refractivity contribution is 5.92. The topological polar surface area (TPSA) is 89.7 Å². The first kappa shape index (κ1) is 25.5. The van der Waals surface area contributed by atoms with E-state index in [9.17, 15) is 9.59 Å². The van der Waals surface area contributed by atoms with E-state index in [1.165, 1.54) is 0 Å². The van der Waals surface area contributed by atoms with Crippen molar-refractivity contribution in [3.05, 3.63) is 78.1 Å². The van der Waals surface area contributed by atoms with Crippen molar-refractivity contribution < 1.29 is 14.3 Å². The lowest BCUT2D eigenvalue weighted by Gasteiger charge is -2.32. The Balaban J connectivity index is 1.20. The number of carbonyl (C=O) groups is 2. The number of nitrogens with one attached hydrogen (secondary N) is 3. The van der Waals surface area contributed by atoms with Crippen molar-refractivity contribution in [3.8, 4) is 11.1 Å². The summed E-state index contributed by atoms with van der Waals surface area (Å²) in [6.45, 7) is 3.79. The number of H-pyrrole nitrogens is 1. The highest BCUT2D eigenvalue weighted by Gasteiger charge is 2.23. The van der Waals surface area contributed by atoms with E-state index in [2.05, 4.69) is 20.5 Å². The second kappa shape index (κ2) is 12.4. The van der Waals surface area contributed by atoms with Gasteiger partial charge in [-0.25, -0.2) is 4.79 Å². The maximum absolute atomic E-state index is 12.7. The van der Waals surface area contributed by atoms with Crippen LogP contribution in [-0.2, 0) is 11.3 Å². The molecule has 3 aromatic rings. The van der Waals surface area contributed by atoms with Gasteiger partial charge >= 0.3 is 6.09 Å². The SMILES string of the molecule is CNCc1ccc(C(=O)N(C)CCN2CCC(OC(=O)Nc3ccccc3-c3ccccc3)CC2)[nH]1. The molecule has 1 aromatic heterocycles. The molecule has 36 heavy (non-hydrogen) atoms. The minimum absolute atomic E-state index is 0.0111. The summed E-state index contributed by atoms with van der Waals surface area (Å²) < 4.78 is 5.73. The highest BCUT2D eigenvalue weighted by atomic mass is 16.6. The molecule has 2 aromatic carbocycles. The quantitative estimate of drug-likeness (QED) is 0.420. The van der Waals surface area contributed by atoms with Gasteiger partial charge < -0.3 is 24.8 Å². The number of rotatable bonds is 9. The number of likely N-dealkylation sites (tertiary alicyclic amines) is 1. The van der Waals surface area contributed by atoms with Crippen LogP contribution in [0.15, 0.2) is 66.7 Å². The van der Waals surface area contributed by atoms with Crippen LogP contribution in [0.2, 0.25) is 0 Å². The minimum Gasteiger partial charge on any atom is -0.446 e. The monoisotopic (exact) mass is 489 g/mol. The zero-order chi connectivity index (χ0) is 25.3. The summed E-state index contributed by atoms with van der Waals surface area (Å²) in [4.78, 5) is 32.5. The Labute approximate surface area is 212 Å². The predicted octanol–water partition coefficient (Wildman–Crippen LogP) is 4.19. The van der Waals surface area contributed by atoms with Gasteiger partial charge in [0.25, 0.3) is 5.91 Å². The van der Waals surface area contributed by atoms with E-state index in [0.29, 0.717) is 18.8 Å². The van der Waals surface area contributed by atoms with Crippen molar-refractivity contribution in [1.82, 2.24) is 20.1 Å². The molecule has 4 rings (SSSR count). The third-order valence-electron chi connectivity index (χ3n) is 6.50. The molecule has 8 nitrogen and oxygen atoms in total. The van der Waals surface area contributed by atoms with Crippen molar-refractivity contribution in [3.63, 3.8) is 0 Å². The fourth-order valence-corrected chi connectivity index (χ4v) is 4.46. The van der Waals surface area contributed by atoms with Crippen LogP contribution in [0, 0.1) is 0 Å². The smallest absolute Gasteiger partial charge is 0.411 e. The van der Waals surface area contributed by atoms with Gasteiger partial charge in [0.15, 0.2) is 0 Å². The molecule has 8 heteroatoms. The van der Waals surface area contributed by atoms with Gasteiger partial charge in [-0.2, -0.15) is 0 Å². The van der Waals surface area contributed by atoms with Gasteiger partial charge in [0.1, 0.15) is 11.8 Å². The van der Waals surface area contributed by atoms with Crippen molar-refractivity contribution >= 4 is 17.7 Å². The summed E-state index contributed by atoms with van der Waals surface area (Å²) in [5.41, 5.74) is 4.33. The molecular formula is C28H35N5O3. The Bertz CT molecular complexity index is 1140. The predicted molar refractivity (Wildman–Crippen MR) is 142 cm³/mol. The van der Waals surface area contributed by atoms with E-state index in [-0.39, 0.29) is 12.0 Å². The first-order valence-electron chi connectivity index (χ1n) is 12.5. The third kappa shape index (κ3) is 6.74. The molecule has 0 unspecified atom stereocenters. The number of hydrogen-bond acceptors (Lipinski definition) is 5. The number of likely N-dealkylation sites (N-methyl/N-ethyl adjacent to an activating group) is 1. The summed E-state index contributed by atoms with van der Waals surface area (Å²) in [5.74, 6) is -0.0111. The van der Waals surface area contributed by atoms with Crippen LogP contribution >= 0.6 is 0 Å². The number of carbonyl (C=O) groups excluding carboxylic acids is 2. The molecule has 1 aliphatic heterocycles. The van der Waals surface area contributed by atoms with Gasteiger partial charge in [0.05, 0.1) is 5.69 Å². The summed E-state index contributed by atoms with van der Waals surface area (Å²) in [6, 6.07) is 21.5. The third-order valence-corrected chi connectivity index (χ3v) is 6.50. The lowest BCUT2D eigenvalue weighted by molar-refractivity contribution is 0.0539. The van der Waals surface area contributed by atoms with E-state index in [1.54, 1.807) is 4.90 Å². The van der Waals surface area contributed by atoms with E-state index >= 15 is 0 Å². The van der Waals surface area contributed by atoms with Crippen LogP contribution in [0.3, 0.4) is 0 Å². The zero-order valence-electron chi connectivity index (χ0n) is 21.0. The molecule has 1 aliphatic rings. The molecule has 0 atom stereocenters. The molecule has 1 fully saturated rings. The van der Waals surface area contributed by atoms with E-state index in [1.807, 2.05) is 80.8 Å². The zero-order valence-corrected chi connectivity index (χ0v) is 21.0. The van der Waals surface area contributed by atoms with Crippen LogP contribution < -0.4 is 10.6 Å². The number of amides is 2. The maximum atomic E-state index is 12.7. The number of aromatic amines is 1. The average Bonchev–Trinajstić information content (AvgIpc) is 3.37. The van der Waals surface area contributed by atoms with E-state index in [4.69, 9.17) is 4.74 Å². The number of benzene rings is 2. The summed E-state index contributed by atoms with van der Waals surface area (Å²) >= 11 is 0. The van der Waals surface area contributed by atoms with Crippen molar-refractivity contribution in [2.24, 2.45) is 0 Å². The molecule has 1 saturated heterocycles. The Hall–Kier alpha value is -3.62. The molecule has 0 bridgehead atoms. The first-order chi connectivity index (χ1) is 17.5. The van der Waals surface area contributed by atoms with E-state index < -0.39 is 6.09 Å². The number of para-hydroxylation sites is 1. The number of aromatic nitrogens is 1. The van der Waals surface area contributed by atoms with Gasteiger partial charge in [0.2, 0.25) is 0 Å². The fraction of sp³-hybridized carbons (Fsp3) is 0.357. The van der Waals surface area contributed by atoms with Crippen LogP contribution in [-0.4, -0.2) is 73.2 Å². The number of ether oxygens (including phenoxy) is 1. The van der Waals surface area contributed by atoms with Crippen molar-refractivity contribution in [2.45, 2.75) is 25.5 Å². The second-order valence-corrected chi connectivity index (χ2v) is 9.14. The summed E-state index contributed by atoms with van der Waals surface area (Å²) in [7, 11) is 3.70. The lowest BCUT2D eigenvalue weighted by atomic mass is 10.0. The van der Waals surface area contributed by atoms with Crippen LogP contribution in [0.5, 0.6) is 0 Å². The Morgan fingerprint density at radius 1 is 1.03 bits per heavy atom. The Kier molecular flexibility index (Phi) is 8.76. The van der Waals surface area contributed by atoms with Crippen LogP contribution in [0.1, 0.15) is 29.0 Å². The molecule has 0 radical (unpaired) electrons. The minimum atomic E-state index is -0.425. The number of hydrogen-bond donors (Lipinski definition) is 3. The maximum Gasteiger partial charge on any atom is 0.411 e. The summed E-state index contributed by atoms with van der Waals surface area (Å²) in [6.07, 6.45) is 1.00. The number of piperidine rings is 1.